The van der Waals surface area contributed by atoms with Gasteiger partial charge in [0.2, 0.25) is 10.0 Å². The molecule has 2 aromatic rings. The number of hydrogen-bond acceptors (Lipinski definition) is 5. The van der Waals surface area contributed by atoms with Crippen LogP contribution in [-0.2, 0) is 14.8 Å². The summed E-state index contributed by atoms with van der Waals surface area (Å²) in [5.74, 6) is -0.254. The Labute approximate surface area is 152 Å². The van der Waals surface area contributed by atoms with Gasteiger partial charge in [-0.25, -0.2) is 8.42 Å². The summed E-state index contributed by atoms with van der Waals surface area (Å²) in [6.07, 6.45) is -0.974. The molecule has 0 aromatic heterocycles. The summed E-state index contributed by atoms with van der Waals surface area (Å²) in [7, 11) is -3.70. The van der Waals surface area contributed by atoms with Crippen LogP contribution in [0.1, 0.15) is 0 Å². The van der Waals surface area contributed by atoms with Gasteiger partial charge in [-0.2, -0.15) is 4.72 Å². The predicted octanol–water partition coefficient (Wildman–Crippen LogP) is 1.07. The van der Waals surface area contributed by atoms with Crippen molar-refractivity contribution in [3.63, 3.8) is 0 Å². The summed E-state index contributed by atoms with van der Waals surface area (Å²) in [5.41, 5.74) is 1.58. The van der Waals surface area contributed by atoms with E-state index in [1.54, 1.807) is 23.1 Å². The Kier molecular flexibility index (Phi) is 4.29. The fourth-order valence-corrected chi connectivity index (χ4v) is 4.61. The number of fused-ring (bicyclic) bond motifs is 1. The maximum atomic E-state index is 12.8. The zero-order chi connectivity index (χ0) is 18.1. The first kappa shape index (κ1) is 16.9. The zero-order valence-corrected chi connectivity index (χ0v) is 14.9. The van der Waals surface area contributed by atoms with E-state index >= 15 is 0 Å². The summed E-state index contributed by atoms with van der Waals surface area (Å²) in [6.45, 7) is 2.53. The molecule has 2 aliphatic heterocycles. The number of carbonyl (C=O) groups excluding carboxylic acids is 1. The molecule has 7 nitrogen and oxygen atoms in total. The highest BCUT2D eigenvalue weighted by Gasteiger charge is 2.35. The molecular formula is C18H20N4O3S. The predicted molar refractivity (Wildman–Crippen MR) is 99.4 cm³/mol. The Morgan fingerprint density at radius 3 is 2.31 bits per heavy atom. The maximum Gasteiger partial charge on any atom is 0.261 e. The fourth-order valence-electron chi connectivity index (χ4n) is 3.34. The highest BCUT2D eigenvalue weighted by Crippen LogP contribution is 2.26. The fraction of sp³-hybridized carbons (Fsp3) is 0.278. The summed E-state index contributed by atoms with van der Waals surface area (Å²) >= 11 is 0. The molecule has 1 saturated heterocycles. The second-order valence-electron chi connectivity index (χ2n) is 6.34. The van der Waals surface area contributed by atoms with E-state index in [2.05, 4.69) is 14.9 Å². The molecule has 2 heterocycles. The first-order valence-electron chi connectivity index (χ1n) is 8.51. The van der Waals surface area contributed by atoms with Crippen molar-refractivity contribution in [3.05, 3.63) is 54.6 Å². The third-order valence-corrected chi connectivity index (χ3v) is 6.19. The van der Waals surface area contributed by atoms with E-state index in [9.17, 15) is 13.2 Å². The number of nitrogens with zero attached hydrogens (tertiary/aromatic N) is 2. The van der Waals surface area contributed by atoms with Crippen LogP contribution in [0.15, 0.2) is 59.5 Å². The molecule has 2 aliphatic rings. The molecule has 0 aliphatic carbocycles. The van der Waals surface area contributed by atoms with E-state index in [0.29, 0.717) is 31.9 Å². The summed E-state index contributed by atoms with van der Waals surface area (Å²) in [5, 5.41) is 3.00. The van der Waals surface area contributed by atoms with Gasteiger partial charge in [-0.15, -0.1) is 0 Å². The number of anilines is 2. The molecular weight excluding hydrogens is 352 g/mol. The molecule has 0 spiro atoms. The Morgan fingerprint density at radius 1 is 0.923 bits per heavy atom. The van der Waals surface area contributed by atoms with Gasteiger partial charge >= 0.3 is 0 Å². The Bertz CT molecular complexity index is 909. The van der Waals surface area contributed by atoms with E-state index in [0.717, 1.165) is 5.69 Å². The first-order valence-corrected chi connectivity index (χ1v) is 10.00. The number of amides is 1. The summed E-state index contributed by atoms with van der Waals surface area (Å²) < 4.78 is 27.2. The van der Waals surface area contributed by atoms with Crippen LogP contribution in [0.3, 0.4) is 0 Å². The van der Waals surface area contributed by atoms with E-state index in [1.807, 2.05) is 30.3 Å². The minimum absolute atomic E-state index is 0.165. The molecule has 4 rings (SSSR count). The molecule has 1 unspecified atom stereocenters. The van der Waals surface area contributed by atoms with Gasteiger partial charge in [0, 0.05) is 31.9 Å². The smallest absolute Gasteiger partial charge is 0.261 e. The molecule has 8 heteroatoms. The van der Waals surface area contributed by atoms with Crippen LogP contribution in [0, 0.1) is 0 Å². The lowest BCUT2D eigenvalue weighted by atomic mass is 10.2. The number of hydrogen-bond donors (Lipinski definition) is 2. The Hall–Kier alpha value is -2.58. The third-order valence-electron chi connectivity index (χ3n) is 4.71. The van der Waals surface area contributed by atoms with E-state index in [1.165, 1.54) is 6.07 Å². The molecule has 136 valence electrons. The lowest BCUT2D eigenvalue weighted by molar-refractivity contribution is -0.132. The molecule has 1 amide bonds. The quantitative estimate of drug-likeness (QED) is 0.824. The van der Waals surface area contributed by atoms with Crippen LogP contribution in [0.4, 0.5) is 11.4 Å². The third kappa shape index (κ3) is 3.13. The van der Waals surface area contributed by atoms with E-state index in [4.69, 9.17) is 0 Å². The van der Waals surface area contributed by atoms with Crippen LogP contribution in [0.25, 0.3) is 0 Å². The van der Waals surface area contributed by atoms with Gasteiger partial charge in [-0.3, -0.25) is 4.79 Å². The average Bonchev–Trinajstić information content (AvgIpc) is 2.68. The number of sulfonamides is 1. The molecule has 2 aromatic carbocycles. The first-order chi connectivity index (χ1) is 12.5. The van der Waals surface area contributed by atoms with Crippen LogP contribution < -0.4 is 14.9 Å². The number of piperazine rings is 1. The molecule has 26 heavy (non-hydrogen) atoms. The lowest BCUT2D eigenvalue weighted by Gasteiger charge is -2.38. The van der Waals surface area contributed by atoms with Crippen LogP contribution in [-0.4, -0.2) is 51.6 Å². The molecule has 0 radical (unpaired) electrons. The number of nitrogens with one attached hydrogen (secondary N) is 2. The van der Waals surface area contributed by atoms with E-state index < -0.39 is 16.2 Å². The molecule has 0 saturated carbocycles. The van der Waals surface area contributed by atoms with Crippen molar-refractivity contribution in [2.75, 3.05) is 36.4 Å². The zero-order valence-electron chi connectivity index (χ0n) is 14.1. The van der Waals surface area contributed by atoms with Crippen molar-refractivity contribution >= 4 is 27.3 Å². The number of rotatable bonds is 2. The number of para-hydroxylation sites is 2. The molecule has 1 fully saturated rings. The highest BCUT2D eigenvalue weighted by molar-refractivity contribution is 7.89. The Balaban J connectivity index is 1.45. The van der Waals surface area contributed by atoms with Crippen LogP contribution >= 0.6 is 0 Å². The largest absolute Gasteiger partial charge is 0.368 e. The minimum Gasteiger partial charge on any atom is -0.368 e. The van der Waals surface area contributed by atoms with Gasteiger partial charge in [0.25, 0.3) is 5.91 Å². The average molecular weight is 372 g/mol. The van der Waals surface area contributed by atoms with Crippen molar-refractivity contribution < 1.29 is 13.2 Å². The van der Waals surface area contributed by atoms with Crippen molar-refractivity contribution in [3.8, 4) is 0 Å². The molecule has 2 N–H and O–H groups in total. The van der Waals surface area contributed by atoms with Crippen molar-refractivity contribution in [1.82, 2.24) is 9.62 Å². The van der Waals surface area contributed by atoms with Gasteiger partial charge in [0.1, 0.15) is 4.90 Å². The normalized spacial score (nSPS) is 21.6. The topological polar surface area (TPSA) is 81.7 Å². The molecule has 1 atom stereocenters. The van der Waals surface area contributed by atoms with Crippen molar-refractivity contribution in [2.24, 2.45) is 0 Å². The van der Waals surface area contributed by atoms with E-state index in [-0.39, 0.29) is 10.8 Å². The highest BCUT2D eigenvalue weighted by atomic mass is 32.2. The summed E-state index contributed by atoms with van der Waals surface area (Å²) in [6, 6.07) is 16.6. The van der Waals surface area contributed by atoms with Gasteiger partial charge in [-0.1, -0.05) is 30.3 Å². The Morgan fingerprint density at radius 2 is 1.58 bits per heavy atom. The van der Waals surface area contributed by atoms with Gasteiger partial charge < -0.3 is 15.1 Å². The standard InChI is InChI=1S/C18H20N4O3S/c23-18(17-19-15-8-4-5-9-16(15)26(24,25)20-17)22-12-10-21(11-13-22)14-6-2-1-3-7-14/h1-9,17,19-20H,10-13H2. The maximum absolute atomic E-state index is 12.8. The lowest BCUT2D eigenvalue weighted by Crippen LogP contribution is -2.58. The number of benzene rings is 2. The minimum atomic E-state index is -3.70. The van der Waals surface area contributed by atoms with Crippen LogP contribution in [0.2, 0.25) is 0 Å². The SMILES string of the molecule is O=C(C1Nc2ccccc2S(=O)(=O)N1)N1CCN(c2ccccc2)CC1. The summed E-state index contributed by atoms with van der Waals surface area (Å²) in [4.78, 5) is 16.9. The van der Waals surface area contributed by atoms with Gasteiger partial charge in [-0.05, 0) is 24.3 Å². The monoisotopic (exact) mass is 372 g/mol. The second-order valence-corrected chi connectivity index (χ2v) is 8.03. The van der Waals surface area contributed by atoms with Crippen LogP contribution in [0.5, 0.6) is 0 Å². The van der Waals surface area contributed by atoms with Crippen molar-refractivity contribution in [1.29, 1.82) is 0 Å². The number of carbonyl (C=O) groups is 1. The van der Waals surface area contributed by atoms with Crippen molar-refractivity contribution in [2.45, 2.75) is 11.1 Å². The van der Waals surface area contributed by atoms with Gasteiger partial charge in [0.05, 0.1) is 5.69 Å². The molecule has 0 bridgehead atoms. The van der Waals surface area contributed by atoms with Gasteiger partial charge in [0.15, 0.2) is 6.17 Å². The second kappa shape index (κ2) is 6.62.